The van der Waals surface area contributed by atoms with E-state index in [2.05, 4.69) is 15.5 Å². The van der Waals surface area contributed by atoms with Crippen LogP contribution in [0.5, 0.6) is 0 Å². The summed E-state index contributed by atoms with van der Waals surface area (Å²) in [7, 11) is 1.61. The third-order valence-electron chi connectivity index (χ3n) is 3.19. The Labute approximate surface area is 140 Å². The lowest BCUT2D eigenvalue weighted by Crippen LogP contribution is -2.35. The number of ether oxygens (including phenoxy) is 1. The summed E-state index contributed by atoms with van der Waals surface area (Å²) in [4.78, 5) is 16.1. The normalized spacial score (nSPS) is 12.1. The molecule has 1 aromatic heterocycles. The lowest BCUT2D eigenvalue weighted by molar-refractivity contribution is -0.122. The second kappa shape index (κ2) is 8.64. The molecule has 1 atom stereocenters. The zero-order chi connectivity index (χ0) is 16.7. The van der Waals surface area contributed by atoms with E-state index < -0.39 is 0 Å². The number of carbonyl (C=O) groups excluding carboxylic acids is 1. The largest absolute Gasteiger partial charge is 0.383 e. The zero-order valence-electron chi connectivity index (χ0n) is 13.2. The van der Waals surface area contributed by atoms with Crippen molar-refractivity contribution in [3.05, 3.63) is 35.2 Å². The minimum atomic E-state index is -0.00742. The van der Waals surface area contributed by atoms with Gasteiger partial charge in [0.15, 0.2) is 0 Å². The predicted octanol–water partition coefficient (Wildman–Crippen LogP) is 2.86. The van der Waals surface area contributed by atoms with Crippen molar-refractivity contribution in [3.8, 4) is 11.4 Å². The van der Waals surface area contributed by atoms with E-state index in [-0.39, 0.29) is 11.9 Å². The highest BCUT2D eigenvalue weighted by molar-refractivity contribution is 6.30. The van der Waals surface area contributed by atoms with E-state index in [1.807, 2.05) is 19.1 Å². The van der Waals surface area contributed by atoms with Gasteiger partial charge in [0.2, 0.25) is 17.6 Å². The third-order valence-corrected chi connectivity index (χ3v) is 3.44. The van der Waals surface area contributed by atoms with Crippen LogP contribution in [0.25, 0.3) is 11.4 Å². The average Bonchev–Trinajstić information content (AvgIpc) is 2.97. The van der Waals surface area contributed by atoms with Crippen molar-refractivity contribution in [2.45, 2.75) is 32.2 Å². The summed E-state index contributed by atoms with van der Waals surface area (Å²) in [6.45, 7) is 2.40. The van der Waals surface area contributed by atoms with Crippen molar-refractivity contribution >= 4 is 17.5 Å². The molecule has 0 aliphatic heterocycles. The van der Waals surface area contributed by atoms with Gasteiger partial charge in [0.25, 0.3) is 0 Å². The third kappa shape index (κ3) is 5.65. The van der Waals surface area contributed by atoms with Crippen LogP contribution in [0, 0.1) is 0 Å². The molecule has 0 saturated heterocycles. The summed E-state index contributed by atoms with van der Waals surface area (Å²) < 4.78 is 10.2. The van der Waals surface area contributed by atoms with E-state index in [1.165, 1.54) is 0 Å². The number of rotatable bonds is 8. The standard InChI is InChI=1S/C16H20ClN3O3/c1-11(10-22-2)18-14(21)4-3-5-15-19-16(20-23-15)12-6-8-13(17)9-7-12/h6-9,11H,3-5,10H2,1-2H3,(H,18,21). The highest BCUT2D eigenvalue weighted by atomic mass is 35.5. The number of carbonyl (C=O) groups is 1. The molecule has 1 aromatic carbocycles. The van der Waals surface area contributed by atoms with Crippen molar-refractivity contribution in [2.24, 2.45) is 0 Å². The molecule has 1 heterocycles. The molecular weight excluding hydrogens is 318 g/mol. The van der Waals surface area contributed by atoms with Gasteiger partial charge in [-0.25, -0.2) is 0 Å². The molecule has 1 N–H and O–H groups in total. The van der Waals surface area contributed by atoms with E-state index in [4.69, 9.17) is 20.9 Å². The fraction of sp³-hybridized carbons (Fsp3) is 0.438. The van der Waals surface area contributed by atoms with Gasteiger partial charge in [-0.3, -0.25) is 4.79 Å². The molecule has 1 amide bonds. The Hall–Kier alpha value is -1.92. The van der Waals surface area contributed by atoms with E-state index in [0.717, 1.165) is 5.56 Å². The van der Waals surface area contributed by atoms with Gasteiger partial charge in [0.1, 0.15) is 0 Å². The molecular formula is C16H20ClN3O3. The summed E-state index contributed by atoms with van der Waals surface area (Å²) in [5.74, 6) is 1.04. The molecule has 0 bridgehead atoms. The molecule has 23 heavy (non-hydrogen) atoms. The Kier molecular flexibility index (Phi) is 6.55. The molecule has 0 spiro atoms. The SMILES string of the molecule is COCC(C)NC(=O)CCCc1nc(-c2ccc(Cl)cc2)no1. The van der Waals surface area contributed by atoms with Crippen molar-refractivity contribution in [3.63, 3.8) is 0 Å². The first-order chi connectivity index (χ1) is 11.1. The highest BCUT2D eigenvalue weighted by Gasteiger charge is 2.11. The van der Waals surface area contributed by atoms with Crippen LogP contribution in [-0.2, 0) is 16.0 Å². The van der Waals surface area contributed by atoms with Crippen LogP contribution in [0.4, 0.5) is 0 Å². The molecule has 0 aliphatic carbocycles. The van der Waals surface area contributed by atoms with Crippen LogP contribution in [0.2, 0.25) is 5.02 Å². The van der Waals surface area contributed by atoms with Gasteiger partial charge in [-0.15, -0.1) is 0 Å². The Morgan fingerprint density at radius 1 is 1.39 bits per heavy atom. The Morgan fingerprint density at radius 2 is 2.13 bits per heavy atom. The second-order valence-electron chi connectivity index (χ2n) is 5.30. The van der Waals surface area contributed by atoms with Crippen molar-refractivity contribution < 1.29 is 14.1 Å². The summed E-state index contributed by atoms with van der Waals surface area (Å²) in [5, 5.41) is 7.46. The molecule has 7 heteroatoms. The number of nitrogens with one attached hydrogen (secondary N) is 1. The van der Waals surface area contributed by atoms with Gasteiger partial charge in [-0.05, 0) is 37.6 Å². The van der Waals surface area contributed by atoms with Crippen LogP contribution in [0.1, 0.15) is 25.7 Å². The minimum Gasteiger partial charge on any atom is -0.383 e. The molecule has 2 rings (SSSR count). The lowest BCUT2D eigenvalue weighted by atomic mass is 10.2. The Bertz CT molecular complexity index is 628. The van der Waals surface area contributed by atoms with Crippen LogP contribution < -0.4 is 5.32 Å². The first-order valence-corrected chi connectivity index (χ1v) is 7.83. The average molecular weight is 338 g/mol. The molecule has 0 aliphatic rings. The minimum absolute atomic E-state index is 0.00686. The number of amides is 1. The van der Waals surface area contributed by atoms with E-state index >= 15 is 0 Å². The van der Waals surface area contributed by atoms with Gasteiger partial charge < -0.3 is 14.6 Å². The number of halogens is 1. The number of nitrogens with zero attached hydrogens (tertiary/aromatic N) is 2. The van der Waals surface area contributed by atoms with Gasteiger partial charge in [0.05, 0.1) is 6.61 Å². The first kappa shape index (κ1) is 17.4. The predicted molar refractivity (Wildman–Crippen MR) is 87.2 cm³/mol. The highest BCUT2D eigenvalue weighted by Crippen LogP contribution is 2.19. The number of aromatic nitrogens is 2. The topological polar surface area (TPSA) is 77.2 Å². The summed E-state index contributed by atoms with van der Waals surface area (Å²) in [5.41, 5.74) is 0.843. The fourth-order valence-corrected chi connectivity index (χ4v) is 2.24. The maximum atomic E-state index is 11.7. The smallest absolute Gasteiger partial charge is 0.226 e. The summed E-state index contributed by atoms with van der Waals surface area (Å²) in [6.07, 6.45) is 1.62. The van der Waals surface area contributed by atoms with Gasteiger partial charge in [0, 0.05) is 36.6 Å². The van der Waals surface area contributed by atoms with Crippen molar-refractivity contribution in [1.82, 2.24) is 15.5 Å². The van der Waals surface area contributed by atoms with Crippen molar-refractivity contribution in [2.75, 3.05) is 13.7 Å². The van der Waals surface area contributed by atoms with E-state index in [9.17, 15) is 4.79 Å². The van der Waals surface area contributed by atoms with Crippen LogP contribution in [0.3, 0.4) is 0 Å². The van der Waals surface area contributed by atoms with E-state index in [1.54, 1.807) is 19.2 Å². The van der Waals surface area contributed by atoms with Crippen LogP contribution >= 0.6 is 11.6 Å². The molecule has 0 saturated carbocycles. The van der Waals surface area contributed by atoms with E-state index in [0.29, 0.717) is 42.6 Å². The van der Waals surface area contributed by atoms with Crippen molar-refractivity contribution in [1.29, 1.82) is 0 Å². The lowest BCUT2D eigenvalue weighted by Gasteiger charge is -2.12. The Morgan fingerprint density at radius 3 is 2.83 bits per heavy atom. The Balaban J connectivity index is 1.79. The zero-order valence-corrected chi connectivity index (χ0v) is 14.0. The molecule has 124 valence electrons. The number of hydrogen-bond acceptors (Lipinski definition) is 5. The molecule has 2 aromatic rings. The maximum Gasteiger partial charge on any atom is 0.226 e. The summed E-state index contributed by atoms with van der Waals surface area (Å²) in [6, 6.07) is 7.23. The molecule has 0 radical (unpaired) electrons. The molecule has 1 unspecified atom stereocenters. The van der Waals surface area contributed by atoms with Gasteiger partial charge in [-0.2, -0.15) is 4.98 Å². The maximum absolute atomic E-state index is 11.7. The number of aryl methyl sites for hydroxylation is 1. The fourth-order valence-electron chi connectivity index (χ4n) is 2.11. The number of benzene rings is 1. The number of hydrogen-bond donors (Lipinski definition) is 1. The monoisotopic (exact) mass is 337 g/mol. The summed E-state index contributed by atoms with van der Waals surface area (Å²) >= 11 is 5.85. The number of methoxy groups -OCH3 is 1. The van der Waals surface area contributed by atoms with Crippen LogP contribution in [0.15, 0.2) is 28.8 Å². The second-order valence-corrected chi connectivity index (χ2v) is 5.73. The quantitative estimate of drug-likeness (QED) is 0.801. The van der Waals surface area contributed by atoms with Gasteiger partial charge >= 0.3 is 0 Å². The van der Waals surface area contributed by atoms with Crippen LogP contribution in [-0.4, -0.2) is 35.8 Å². The molecule has 6 nitrogen and oxygen atoms in total. The first-order valence-electron chi connectivity index (χ1n) is 7.45. The molecule has 0 fully saturated rings. The van der Waals surface area contributed by atoms with Gasteiger partial charge in [-0.1, -0.05) is 16.8 Å².